The number of H-pyrrole nitrogens is 1. The smallest absolute Gasteiger partial charge is 0.346 e. The molecular weight excluding hydrogens is 419 g/mol. The summed E-state index contributed by atoms with van der Waals surface area (Å²) in [4.78, 5) is 30.1. The van der Waals surface area contributed by atoms with Crippen LogP contribution in [0.5, 0.6) is 5.75 Å². The van der Waals surface area contributed by atoms with Gasteiger partial charge in [0.25, 0.3) is 5.91 Å². The number of carbonyl (C=O) groups excluding carboxylic acids is 1. The Bertz CT molecular complexity index is 1080. The SMILES string of the molecule is O=C(N/N=C/c1ccc(O)c(Br)c1)c1cc(-c2ccc(F)cc2)nc(=O)[nH]1. The minimum atomic E-state index is -0.714. The Hall–Kier alpha value is -3.33. The minimum absolute atomic E-state index is 0.0432. The number of benzene rings is 2. The molecule has 3 N–H and O–H groups in total. The summed E-state index contributed by atoms with van der Waals surface area (Å²) in [6, 6.07) is 11.5. The van der Waals surface area contributed by atoms with E-state index in [4.69, 9.17) is 0 Å². The number of nitrogens with one attached hydrogen (secondary N) is 2. The first-order chi connectivity index (χ1) is 12.9. The van der Waals surface area contributed by atoms with Crippen LogP contribution in [0.1, 0.15) is 16.1 Å². The zero-order valence-electron chi connectivity index (χ0n) is 13.6. The van der Waals surface area contributed by atoms with Gasteiger partial charge in [-0.15, -0.1) is 0 Å². The van der Waals surface area contributed by atoms with E-state index < -0.39 is 17.4 Å². The number of amides is 1. The lowest BCUT2D eigenvalue weighted by atomic mass is 10.1. The molecule has 0 saturated carbocycles. The number of carbonyl (C=O) groups is 1. The molecule has 9 heteroatoms. The van der Waals surface area contributed by atoms with Crippen molar-refractivity contribution in [2.45, 2.75) is 0 Å². The zero-order valence-corrected chi connectivity index (χ0v) is 15.2. The second-order valence-corrected chi connectivity index (χ2v) is 6.26. The molecule has 0 saturated heterocycles. The molecule has 0 atom stereocenters. The first-order valence-corrected chi connectivity index (χ1v) is 8.41. The summed E-state index contributed by atoms with van der Waals surface area (Å²) in [5.41, 5.74) is 2.89. The van der Waals surface area contributed by atoms with Crippen LogP contribution in [0.15, 0.2) is 62.9 Å². The molecule has 2 aromatic carbocycles. The molecule has 0 fully saturated rings. The van der Waals surface area contributed by atoms with Crippen molar-refractivity contribution in [2.75, 3.05) is 0 Å². The van der Waals surface area contributed by atoms with Gasteiger partial charge in [0.15, 0.2) is 0 Å². The third kappa shape index (κ3) is 4.64. The van der Waals surface area contributed by atoms with Gasteiger partial charge in [-0.1, -0.05) is 0 Å². The summed E-state index contributed by atoms with van der Waals surface area (Å²) < 4.78 is 13.5. The van der Waals surface area contributed by atoms with E-state index in [1.54, 1.807) is 12.1 Å². The van der Waals surface area contributed by atoms with Crippen LogP contribution in [0, 0.1) is 5.82 Å². The average Bonchev–Trinajstić information content (AvgIpc) is 2.64. The highest BCUT2D eigenvalue weighted by molar-refractivity contribution is 9.10. The highest BCUT2D eigenvalue weighted by atomic mass is 79.9. The Morgan fingerprint density at radius 1 is 1.22 bits per heavy atom. The largest absolute Gasteiger partial charge is 0.507 e. The van der Waals surface area contributed by atoms with Gasteiger partial charge in [-0.3, -0.25) is 4.79 Å². The highest BCUT2D eigenvalue weighted by Crippen LogP contribution is 2.23. The molecule has 0 spiro atoms. The number of aromatic hydroxyl groups is 1. The van der Waals surface area contributed by atoms with Crippen LogP contribution >= 0.6 is 15.9 Å². The standard InChI is InChI=1S/C18H12BrFN4O3/c19-13-7-10(1-6-16(13)25)9-21-24-17(26)15-8-14(22-18(27)23-15)11-2-4-12(20)5-3-11/h1-9,25H,(H,24,26)(H,22,23,27)/b21-9+. The van der Waals surface area contributed by atoms with Crippen LogP contribution in [-0.4, -0.2) is 27.2 Å². The Labute approximate surface area is 160 Å². The van der Waals surface area contributed by atoms with Gasteiger partial charge in [0, 0.05) is 5.56 Å². The maximum atomic E-state index is 13.0. The van der Waals surface area contributed by atoms with Crippen molar-refractivity contribution in [3.8, 4) is 17.0 Å². The molecule has 0 aliphatic rings. The highest BCUT2D eigenvalue weighted by Gasteiger charge is 2.10. The summed E-state index contributed by atoms with van der Waals surface area (Å²) in [6.07, 6.45) is 1.38. The fourth-order valence-corrected chi connectivity index (χ4v) is 2.57. The molecule has 0 aliphatic heterocycles. The molecule has 7 nitrogen and oxygen atoms in total. The van der Waals surface area contributed by atoms with Crippen LogP contribution in [0.2, 0.25) is 0 Å². The lowest BCUT2D eigenvalue weighted by Crippen LogP contribution is -2.24. The van der Waals surface area contributed by atoms with E-state index in [2.05, 4.69) is 36.4 Å². The van der Waals surface area contributed by atoms with Crippen molar-refractivity contribution < 1.29 is 14.3 Å². The zero-order chi connectivity index (χ0) is 19.4. The Balaban J connectivity index is 1.78. The van der Waals surface area contributed by atoms with Gasteiger partial charge in [-0.25, -0.2) is 14.6 Å². The van der Waals surface area contributed by atoms with E-state index in [0.717, 1.165) is 0 Å². The third-order valence-electron chi connectivity index (χ3n) is 3.48. The van der Waals surface area contributed by atoms with Crippen molar-refractivity contribution in [1.82, 2.24) is 15.4 Å². The molecule has 3 aromatic rings. The van der Waals surface area contributed by atoms with Gasteiger partial charge in [-0.05, 0) is 70.0 Å². The maximum absolute atomic E-state index is 13.0. The van der Waals surface area contributed by atoms with Crippen molar-refractivity contribution in [1.29, 1.82) is 0 Å². The number of rotatable bonds is 4. The predicted molar refractivity (Wildman–Crippen MR) is 101 cm³/mol. The molecule has 0 bridgehead atoms. The van der Waals surface area contributed by atoms with E-state index in [1.165, 1.54) is 42.6 Å². The van der Waals surface area contributed by atoms with Gasteiger partial charge in [0.1, 0.15) is 17.3 Å². The number of halogens is 2. The lowest BCUT2D eigenvalue weighted by molar-refractivity contribution is 0.0949. The van der Waals surface area contributed by atoms with Crippen molar-refractivity contribution in [3.63, 3.8) is 0 Å². The second-order valence-electron chi connectivity index (χ2n) is 5.40. The summed E-state index contributed by atoms with van der Waals surface area (Å²) in [7, 11) is 0. The van der Waals surface area contributed by atoms with Crippen molar-refractivity contribution in [3.05, 3.63) is 80.6 Å². The normalized spacial score (nSPS) is 10.9. The number of phenols is 1. The van der Waals surface area contributed by atoms with Gasteiger partial charge in [0.2, 0.25) is 0 Å². The van der Waals surface area contributed by atoms with Gasteiger partial charge >= 0.3 is 5.69 Å². The molecular formula is C18H12BrFN4O3. The van der Waals surface area contributed by atoms with Crippen LogP contribution < -0.4 is 11.1 Å². The van der Waals surface area contributed by atoms with Gasteiger partial charge in [0.05, 0.1) is 16.4 Å². The molecule has 1 heterocycles. The van der Waals surface area contributed by atoms with Crippen LogP contribution in [0.3, 0.4) is 0 Å². The van der Waals surface area contributed by atoms with E-state index in [9.17, 15) is 19.1 Å². The molecule has 1 aromatic heterocycles. The van der Waals surface area contributed by atoms with Crippen LogP contribution in [0.4, 0.5) is 4.39 Å². The molecule has 1 amide bonds. The topological polar surface area (TPSA) is 107 Å². The third-order valence-corrected chi connectivity index (χ3v) is 4.12. The van der Waals surface area contributed by atoms with Crippen LogP contribution in [-0.2, 0) is 0 Å². The monoisotopic (exact) mass is 430 g/mol. The number of hydrogen-bond acceptors (Lipinski definition) is 5. The average molecular weight is 431 g/mol. The summed E-state index contributed by atoms with van der Waals surface area (Å²) >= 11 is 3.18. The first-order valence-electron chi connectivity index (χ1n) is 7.61. The maximum Gasteiger partial charge on any atom is 0.346 e. The molecule has 3 rings (SSSR count). The quantitative estimate of drug-likeness (QED) is 0.436. The minimum Gasteiger partial charge on any atom is -0.507 e. The van der Waals surface area contributed by atoms with Gasteiger partial charge < -0.3 is 10.1 Å². The molecule has 0 aliphatic carbocycles. The van der Waals surface area contributed by atoms with E-state index in [1.807, 2.05) is 0 Å². The molecule has 0 radical (unpaired) electrons. The number of nitrogens with zero attached hydrogens (tertiary/aromatic N) is 2. The Kier molecular flexibility index (Phi) is 5.41. The summed E-state index contributed by atoms with van der Waals surface area (Å²) in [5.74, 6) is -0.984. The molecule has 27 heavy (non-hydrogen) atoms. The molecule has 136 valence electrons. The lowest BCUT2D eigenvalue weighted by Gasteiger charge is -2.04. The Morgan fingerprint density at radius 2 is 1.96 bits per heavy atom. The second kappa shape index (κ2) is 7.92. The summed E-state index contributed by atoms with van der Waals surface area (Å²) in [5, 5.41) is 13.3. The first kappa shape index (κ1) is 18.5. The summed E-state index contributed by atoms with van der Waals surface area (Å²) in [6.45, 7) is 0. The van der Waals surface area contributed by atoms with E-state index in [-0.39, 0.29) is 17.1 Å². The number of aromatic amines is 1. The van der Waals surface area contributed by atoms with Gasteiger partial charge in [-0.2, -0.15) is 10.1 Å². The van der Waals surface area contributed by atoms with Crippen LogP contribution in [0.25, 0.3) is 11.3 Å². The molecule has 0 unspecified atom stereocenters. The number of aromatic nitrogens is 2. The predicted octanol–water partition coefficient (Wildman–Crippen LogP) is 2.81. The number of phenolic OH excluding ortho intramolecular Hbond substituents is 1. The Morgan fingerprint density at radius 3 is 2.67 bits per heavy atom. The van der Waals surface area contributed by atoms with E-state index >= 15 is 0 Å². The fourth-order valence-electron chi connectivity index (χ4n) is 2.18. The fraction of sp³-hybridized carbons (Fsp3) is 0. The number of hydrazone groups is 1. The number of hydrogen-bond donors (Lipinski definition) is 3. The van der Waals surface area contributed by atoms with Crippen molar-refractivity contribution >= 4 is 28.1 Å². The van der Waals surface area contributed by atoms with Crippen molar-refractivity contribution in [2.24, 2.45) is 5.10 Å². The van der Waals surface area contributed by atoms with E-state index in [0.29, 0.717) is 15.6 Å².